The summed E-state index contributed by atoms with van der Waals surface area (Å²) in [6.45, 7) is 1.41. The molecule has 0 saturated carbocycles. The van der Waals surface area contributed by atoms with E-state index < -0.39 is 0 Å². The molecule has 0 spiro atoms. The molecular formula is C12H19ClN2O3S. The van der Waals surface area contributed by atoms with Gasteiger partial charge in [-0.3, -0.25) is 9.69 Å². The number of amides is 1. The van der Waals surface area contributed by atoms with Gasteiger partial charge in [0.1, 0.15) is 0 Å². The van der Waals surface area contributed by atoms with E-state index in [-0.39, 0.29) is 25.7 Å². The first kappa shape index (κ1) is 16.4. The van der Waals surface area contributed by atoms with Crippen LogP contribution in [0.2, 0.25) is 4.34 Å². The zero-order valence-corrected chi connectivity index (χ0v) is 12.5. The summed E-state index contributed by atoms with van der Waals surface area (Å²) in [4.78, 5) is 16.4. The highest BCUT2D eigenvalue weighted by molar-refractivity contribution is 7.16. The van der Waals surface area contributed by atoms with E-state index in [2.05, 4.69) is 0 Å². The minimum Gasteiger partial charge on any atom is -0.395 e. The van der Waals surface area contributed by atoms with E-state index in [1.54, 1.807) is 16.8 Å². The number of likely N-dealkylation sites (N-methyl/N-ethyl adjacent to an activating group) is 1. The molecule has 0 bridgehead atoms. The zero-order chi connectivity index (χ0) is 14.3. The number of carbonyl (C=O) groups is 1. The molecule has 0 atom stereocenters. The molecule has 0 radical (unpaired) electrons. The Balaban J connectivity index is 2.46. The molecule has 7 heteroatoms. The van der Waals surface area contributed by atoms with Gasteiger partial charge in [0.2, 0.25) is 5.91 Å². The van der Waals surface area contributed by atoms with Crippen LogP contribution in [0.1, 0.15) is 4.88 Å². The predicted molar refractivity (Wildman–Crippen MR) is 76.4 cm³/mol. The molecule has 5 nitrogen and oxygen atoms in total. The van der Waals surface area contributed by atoms with Crippen molar-refractivity contribution < 1.29 is 15.0 Å². The van der Waals surface area contributed by atoms with E-state index in [4.69, 9.17) is 21.8 Å². The van der Waals surface area contributed by atoms with Gasteiger partial charge in [0.15, 0.2) is 0 Å². The van der Waals surface area contributed by atoms with Crippen molar-refractivity contribution in [3.05, 3.63) is 21.3 Å². The smallest absolute Gasteiger partial charge is 0.236 e. The van der Waals surface area contributed by atoms with Gasteiger partial charge in [-0.1, -0.05) is 11.6 Å². The Labute approximate surface area is 122 Å². The molecule has 19 heavy (non-hydrogen) atoms. The van der Waals surface area contributed by atoms with Crippen molar-refractivity contribution >= 4 is 28.8 Å². The van der Waals surface area contributed by atoms with Crippen LogP contribution in [0.4, 0.5) is 0 Å². The normalized spacial score (nSPS) is 11.0. The average molecular weight is 307 g/mol. The number of aliphatic hydroxyl groups excluding tert-OH is 2. The van der Waals surface area contributed by atoms with Crippen LogP contribution in [-0.4, -0.2) is 65.8 Å². The summed E-state index contributed by atoms with van der Waals surface area (Å²) in [7, 11) is 1.73. The van der Waals surface area contributed by atoms with E-state index in [0.717, 1.165) is 4.88 Å². The first-order chi connectivity index (χ1) is 9.06. The predicted octanol–water partition coefficient (Wildman–Crippen LogP) is 0.647. The molecular weight excluding hydrogens is 288 g/mol. The minimum atomic E-state index is -0.0496. The quantitative estimate of drug-likeness (QED) is 0.740. The number of thiophene rings is 1. The second-order valence-electron chi connectivity index (χ2n) is 4.18. The van der Waals surface area contributed by atoms with Crippen LogP contribution in [0.15, 0.2) is 12.1 Å². The third-order valence-electron chi connectivity index (χ3n) is 2.64. The monoisotopic (exact) mass is 306 g/mol. The van der Waals surface area contributed by atoms with Crippen molar-refractivity contribution in [2.45, 2.75) is 6.54 Å². The van der Waals surface area contributed by atoms with Crippen molar-refractivity contribution in [2.75, 3.05) is 39.9 Å². The highest BCUT2D eigenvalue weighted by Crippen LogP contribution is 2.22. The SMILES string of the molecule is CN(Cc1ccc(Cl)s1)C(=O)CN(CCO)CCO. The number of aliphatic hydroxyl groups is 2. The third-order valence-corrected chi connectivity index (χ3v) is 3.85. The topological polar surface area (TPSA) is 64.0 Å². The van der Waals surface area contributed by atoms with Gasteiger partial charge in [0, 0.05) is 25.0 Å². The molecule has 2 N–H and O–H groups in total. The minimum absolute atomic E-state index is 0.0302. The largest absolute Gasteiger partial charge is 0.395 e. The first-order valence-corrected chi connectivity index (χ1v) is 7.18. The van der Waals surface area contributed by atoms with Crippen LogP contribution < -0.4 is 0 Å². The lowest BCUT2D eigenvalue weighted by Gasteiger charge is -2.23. The molecule has 108 valence electrons. The maximum atomic E-state index is 12.0. The molecule has 0 fully saturated rings. The Hall–Kier alpha value is -0.660. The summed E-state index contributed by atoms with van der Waals surface area (Å²) in [5.74, 6) is -0.0496. The van der Waals surface area contributed by atoms with Gasteiger partial charge in [0.25, 0.3) is 0 Å². The van der Waals surface area contributed by atoms with Gasteiger partial charge in [0.05, 0.1) is 30.6 Å². The fraction of sp³-hybridized carbons (Fsp3) is 0.583. The molecule has 1 aromatic heterocycles. The van der Waals surface area contributed by atoms with Gasteiger partial charge in [-0.05, 0) is 12.1 Å². The molecule has 1 heterocycles. The lowest BCUT2D eigenvalue weighted by Crippen LogP contribution is -2.40. The van der Waals surface area contributed by atoms with Crippen LogP contribution in [0, 0.1) is 0 Å². The lowest BCUT2D eigenvalue weighted by molar-refractivity contribution is -0.131. The van der Waals surface area contributed by atoms with Gasteiger partial charge in [-0.15, -0.1) is 11.3 Å². The van der Waals surface area contributed by atoms with Crippen molar-refractivity contribution in [2.24, 2.45) is 0 Å². The summed E-state index contributed by atoms with van der Waals surface area (Å²) in [5, 5.41) is 17.8. The van der Waals surface area contributed by atoms with E-state index >= 15 is 0 Å². The highest BCUT2D eigenvalue weighted by Gasteiger charge is 2.14. The van der Waals surface area contributed by atoms with Gasteiger partial charge in [-0.2, -0.15) is 0 Å². The highest BCUT2D eigenvalue weighted by atomic mass is 35.5. The van der Waals surface area contributed by atoms with Gasteiger partial charge < -0.3 is 15.1 Å². The fourth-order valence-electron chi connectivity index (χ4n) is 1.62. The molecule has 1 amide bonds. The Kier molecular flexibility index (Phi) is 7.33. The molecule has 0 aliphatic rings. The molecule has 1 aromatic rings. The number of carbonyl (C=O) groups excluding carboxylic acids is 1. The van der Waals surface area contributed by atoms with Crippen LogP contribution in [0.5, 0.6) is 0 Å². The van der Waals surface area contributed by atoms with Crippen molar-refractivity contribution in [3.63, 3.8) is 0 Å². The summed E-state index contributed by atoms with van der Waals surface area (Å²) in [5.41, 5.74) is 0. The number of halogens is 1. The Morgan fingerprint density at radius 2 is 1.95 bits per heavy atom. The first-order valence-electron chi connectivity index (χ1n) is 5.99. The number of hydrogen-bond acceptors (Lipinski definition) is 5. The van der Waals surface area contributed by atoms with Crippen LogP contribution in [0.3, 0.4) is 0 Å². The second kappa shape index (κ2) is 8.50. The summed E-state index contributed by atoms with van der Waals surface area (Å²) >= 11 is 7.29. The second-order valence-corrected chi connectivity index (χ2v) is 5.98. The van der Waals surface area contributed by atoms with E-state index in [1.165, 1.54) is 11.3 Å². The van der Waals surface area contributed by atoms with Gasteiger partial charge >= 0.3 is 0 Å². The maximum absolute atomic E-state index is 12.0. The number of rotatable bonds is 8. The van der Waals surface area contributed by atoms with Crippen molar-refractivity contribution in [1.29, 1.82) is 0 Å². The zero-order valence-electron chi connectivity index (χ0n) is 10.9. The Morgan fingerprint density at radius 1 is 1.32 bits per heavy atom. The molecule has 0 aliphatic carbocycles. The van der Waals surface area contributed by atoms with E-state index in [1.807, 2.05) is 12.1 Å². The van der Waals surface area contributed by atoms with Crippen molar-refractivity contribution in [1.82, 2.24) is 9.80 Å². The number of hydrogen-bond donors (Lipinski definition) is 2. The lowest BCUT2D eigenvalue weighted by atomic mass is 10.4. The Bertz CT molecular complexity index is 394. The number of nitrogens with zero attached hydrogens (tertiary/aromatic N) is 2. The summed E-state index contributed by atoms with van der Waals surface area (Å²) in [6, 6.07) is 3.71. The summed E-state index contributed by atoms with van der Waals surface area (Å²) < 4.78 is 0.707. The van der Waals surface area contributed by atoms with E-state index in [0.29, 0.717) is 24.0 Å². The Morgan fingerprint density at radius 3 is 2.42 bits per heavy atom. The standard InChI is InChI=1S/C12H19ClN2O3S/c1-14(8-10-2-3-11(13)19-10)12(18)9-15(4-6-16)5-7-17/h2-3,16-17H,4-9H2,1H3. The molecule has 1 rings (SSSR count). The molecule has 0 saturated heterocycles. The fourth-order valence-corrected chi connectivity index (χ4v) is 2.76. The van der Waals surface area contributed by atoms with Gasteiger partial charge in [-0.25, -0.2) is 0 Å². The average Bonchev–Trinajstić information content (AvgIpc) is 2.75. The molecule has 0 unspecified atom stereocenters. The third kappa shape index (κ3) is 5.88. The van der Waals surface area contributed by atoms with Crippen LogP contribution >= 0.6 is 22.9 Å². The summed E-state index contributed by atoms with van der Waals surface area (Å²) in [6.07, 6.45) is 0. The van der Waals surface area contributed by atoms with Crippen LogP contribution in [0.25, 0.3) is 0 Å². The maximum Gasteiger partial charge on any atom is 0.236 e. The van der Waals surface area contributed by atoms with Crippen LogP contribution in [-0.2, 0) is 11.3 Å². The molecule has 0 aliphatic heterocycles. The molecule has 0 aromatic carbocycles. The van der Waals surface area contributed by atoms with E-state index in [9.17, 15) is 4.79 Å². The van der Waals surface area contributed by atoms with Crippen molar-refractivity contribution in [3.8, 4) is 0 Å².